The third-order valence-electron chi connectivity index (χ3n) is 4.89. The predicted octanol–water partition coefficient (Wildman–Crippen LogP) is 4.25. The normalized spacial score (nSPS) is 31.8. The van der Waals surface area contributed by atoms with Crippen molar-refractivity contribution in [2.24, 2.45) is 11.8 Å². The van der Waals surface area contributed by atoms with Crippen LogP contribution in [-0.2, 0) is 0 Å². The van der Waals surface area contributed by atoms with Crippen LogP contribution in [0.25, 0.3) is 0 Å². The molecule has 4 rings (SSSR count). The van der Waals surface area contributed by atoms with Gasteiger partial charge in [0, 0.05) is 0 Å². The van der Waals surface area contributed by atoms with Crippen LogP contribution in [0, 0.1) is 11.8 Å². The van der Waals surface area contributed by atoms with Crippen molar-refractivity contribution < 1.29 is 0 Å². The zero-order valence-corrected chi connectivity index (χ0v) is 13.8. The van der Waals surface area contributed by atoms with Gasteiger partial charge in [-0.1, -0.05) is 0 Å². The SMILES string of the molecule is c1ccc(C2NC(c3ccccc3)C3C[Se]CC2C3)cc1. The van der Waals surface area contributed by atoms with Crippen LogP contribution in [0.4, 0.5) is 0 Å². The molecule has 2 aromatic rings. The molecule has 4 atom stereocenters. The molecule has 4 unspecified atom stereocenters. The van der Waals surface area contributed by atoms with Crippen LogP contribution in [-0.4, -0.2) is 15.0 Å². The molecule has 2 aromatic carbocycles. The molecule has 1 nitrogen and oxygen atoms in total. The quantitative estimate of drug-likeness (QED) is 0.805. The van der Waals surface area contributed by atoms with E-state index >= 15 is 0 Å². The number of hydrogen-bond donors (Lipinski definition) is 1. The van der Waals surface area contributed by atoms with E-state index in [1.165, 1.54) is 28.2 Å². The third kappa shape index (κ3) is 2.68. The first-order valence-electron chi connectivity index (χ1n) is 7.85. The zero-order chi connectivity index (χ0) is 14.1. The molecule has 0 saturated carbocycles. The number of piperidine rings is 1. The van der Waals surface area contributed by atoms with Gasteiger partial charge in [0.15, 0.2) is 0 Å². The summed E-state index contributed by atoms with van der Waals surface area (Å²) in [6.45, 7) is 0. The van der Waals surface area contributed by atoms with Crippen molar-refractivity contribution in [3.8, 4) is 0 Å². The van der Waals surface area contributed by atoms with Crippen LogP contribution >= 0.6 is 0 Å². The number of rotatable bonds is 2. The van der Waals surface area contributed by atoms with Crippen LogP contribution in [0.5, 0.6) is 0 Å². The molecule has 2 aliphatic rings. The molecule has 108 valence electrons. The van der Waals surface area contributed by atoms with Gasteiger partial charge in [-0.3, -0.25) is 0 Å². The van der Waals surface area contributed by atoms with Crippen molar-refractivity contribution in [1.29, 1.82) is 0 Å². The third-order valence-corrected chi connectivity index (χ3v) is 7.67. The van der Waals surface area contributed by atoms with E-state index in [0.29, 0.717) is 12.1 Å². The van der Waals surface area contributed by atoms with E-state index < -0.39 is 0 Å². The first-order valence-corrected chi connectivity index (χ1v) is 10.3. The summed E-state index contributed by atoms with van der Waals surface area (Å²) in [5.74, 6) is 1.68. The molecule has 2 bridgehead atoms. The monoisotopic (exact) mass is 343 g/mol. The van der Waals surface area contributed by atoms with Gasteiger partial charge in [-0.2, -0.15) is 0 Å². The summed E-state index contributed by atoms with van der Waals surface area (Å²) < 4.78 is 0. The average molecular weight is 342 g/mol. The molecule has 0 spiro atoms. The van der Waals surface area contributed by atoms with Gasteiger partial charge in [0.2, 0.25) is 0 Å². The molecule has 2 heteroatoms. The maximum atomic E-state index is 4.00. The first-order chi connectivity index (χ1) is 10.4. The zero-order valence-electron chi connectivity index (χ0n) is 12.1. The van der Waals surface area contributed by atoms with Gasteiger partial charge < -0.3 is 0 Å². The van der Waals surface area contributed by atoms with Crippen LogP contribution in [0.1, 0.15) is 29.6 Å². The van der Waals surface area contributed by atoms with Crippen molar-refractivity contribution in [1.82, 2.24) is 5.32 Å². The molecule has 21 heavy (non-hydrogen) atoms. The van der Waals surface area contributed by atoms with Crippen molar-refractivity contribution in [3.05, 3.63) is 71.8 Å². The fraction of sp³-hybridized carbons (Fsp3) is 0.368. The first kappa shape index (κ1) is 13.6. The predicted molar refractivity (Wildman–Crippen MR) is 88.5 cm³/mol. The molecule has 1 N–H and O–H groups in total. The van der Waals surface area contributed by atoms with Crippen molar-refractivity contribution >= 4 is 15.0 Å². The summed E-state index contributed by atoms with van der Waals surface area (Å²) >= 11 is 0.829. The molecule has 0 amide bonds. The van der Waals surface area contributed by atoms with Crippen LogP contribution in [0.3, 0.4) is 0 Å². The summed E-state index contributed by atoms with van der Waals surface area (Å²) in [7, 11) is 0. The van der Waals surface area contributed by atoms with Crippen molar-refractivity contribution in [2.75, 3.05) is 0 Å². The number of benzene rings is 2. The number of hydrogen-bond acceptors (Lipinski definition) is 1. The standard InChI is InChI=1S/C19H21NSe/c1-3-7-14(8-4-1)18-16-11-17(13-21-12-16)19(20-18)15-9-5-2-6-10-15/h1-10,16-20H,11-13H2. The van der Waals surface area contributed by atoms with Crippen LogP contribution < -0.4 is 5.32 Å². The Morgan fingerprint density at radius 1 is 0.714 bits per heavy atom. The van der Waals surface area contributed by atoms with Crippen molar-refractivity contribution in [2.45, 2.75) is 29.1 Å². The molecule has 2 fully saturated rings. The summed E-state index contributed by atoms with van der Waals surface area (Å²) in [6.07, 6.45) is 1.40. The molecule has 0 aromatic heterocycles. The fourth-order valence-electron chi connectivity index (χ4n) is 3.88. The Morgan fingerprint density at radius 3 is 1.67 bits per heavy atom. The molecule has 2 aliphatic heterocycles. The average Bonchev–Trinajstić information content (AvgIpc) is 2.57. The van der Waals surface area contributed by atoms with Gasteiger partial charge in [0.25, 0.3) is 0 Å². The molecule has 2 saturated heterocycles. The van der Waals surface area contributed by atoms with E-state index in [0.717, 1.165) is 26.8 Å². The summed E-state index contributed by atoms with van der Waals surface area (Å²) in [4.78, 5) is 0. The van der Waals surface area contributed by atoms with Gasteiger partial charge in [-0.15, -0.1) is 0 Å². The molecular weight excluding hydrogens is 321 g/mol. The maximum absolute atomic E-state index is 4.00. The number of fused-ring (bicyclic) bond motifs is 2. The second kappa shape index (κ2) is 5.96. The van der Waals surface area contributed by atoms with E-state index in [1.807, 2.05) is 0 Å². The Balaban J connectivity index is 1.66. The van der Waals surface area contributed by atoms with E-state index in [9.17, 15) is 0 Å². The Bertz CT molecular complexity index is 532. The van der Waals surface area contributed by atoms with Crippen LogP contribution in [0.15, 0.2) is 60.7 Å². The summed E-state index contributed by atoms with van der Waals surface area (Å²) in [5.41, 5.74) is 2.94. The molecule has 0 aliphatic carbocycles. The Labute approximate surface area is 133 Å². The Kier molecular flexibility index (Phi) is 3.85. The molecular formula is C19H21NSe. The second-order valence-corrected chi connectivity index (χ2v) is 8.49. The minimum atomic E-state index is 0.537. The van der Waals surface area contributed by atoms with Gasteiger partial charge in [-0.25, -0.2) is 0 Å². The van der Waals surface area contributed by atoms with Gasteiger partial charge in [0.1, 0.15) is 0 Å². The minimum absolute atomic E-state index is 0.537. The Morgan fingerprint density at radius 2 is 1.19 bits per heavy atom. The molecule has 0 radical (unpaired) electrons. The van der Waals surface area contributed by atoms with E-state index in [1.54, 1.807) is 0 Å². The van der Waals surface area contributed by atoms with E-state index in [-0.39, 0.29) is 0 Å². The number of nitrogens with one attached hydrogen (secondary N) is 1. The van der Waals surface area contributed by atoms with Crippen molar-refractivity contribution in [3.63, 3.8) is 0 Å². The summed E-state index contributed by atoms with van der Waals surface area (Å²) in [6, 6.07) is 23.2. The van der Waals surface area contributed by atoms with E-state index in [2.05, 4.69) is 66.0 Å². The van der Waals surface area contributed by atoms with Crippen LogP contribution in [0.2, 0.25) is 10.6 Å². The fourth-order valence-corrected chi connectivity index (χ4v) is 6.82. The van der Waals surface area contributed by atoms with E-state index in [4.69, 9.17) is 0 Å². The van der Waals surface area contributed by atoms with Gasteiger partial charge >= 0.3 is 133 Å². The summed E-state index contributed by atoms with van der Waals surface area (Å²) in [5, 5.41) is 6.88. The van der Waals surface area contributed by atoms with Gasteiger partial charge in [-0.05, 0) is 0 Å². The van der Waals surface area contributed by atoms with Gasteiger partial charge in [0.05, 0.1) is 0 Å². The molecule has 2 heterocycles. The topological polar surface area (TPSA) is 12.0 Å². The Hall–Kier alpha value is -1.08. The second-order valence-electron chi connectivity index (χ2n) is 6.24.